The summed E-state index contributed by atoms with van der Waals surface area (Å²) in [4.78, 5) is 13.0. The molecule has 0 unspecified atom stereocenters. The van der Waals surface area contributed by atoms with Gasteiger partial charge in [-0.15, -0.1) is 0 Å². The summed E-state index contributed by atoms with van der Waals surface area (Å²) in [7, 11) is 0. The molecule has 1 aliphatic heterocycles. The van der Waals surface area contributed by atoms with Crippen LogP contribution in [0.25, 0.3) is 21.9 Å². The molecule has 0 bridgehead atoms. The first-order chi connectivity index (χ1) is 9.20. The van der Waals surface area contributed by atoms with E-state index in [1.165, 1.54) is 0 Å². The Morgan fingerprint density at radius 3 is 2.68 bits per heavy atom. The van der Waals surface area contributed by atoms with E-state index in [9.17, 15) is 0 Å². The average Bonchev–Trinajstić information content (AvgIpc) is 2.81. The molecule has 0 saturated heterocycles. The predicted molar refractivity (Wildman–Crippen MR) is 70.1 cm³/mol. The van der Waals surface area contributed by atoms with Gasteiger partial charge in [0.15, 0.2) is 17.1 Å². The number of ether oxygens (including phenoxy) is 2. The van der Waals surface area contributed by atoms with Crippen molar-refractivity contribution in [1.29, 1.82) is 0 Å². The number of hydrogen-bond acceptors (Lipinski definition) is 6. The molecule has 2 N–H and O–H groups in total. The van der Waals surface area contributed by atoms with Gasteiger partial charge in [-0.25, -0.2) is 15.0 Å². The lowest BCUT2D eigenvalue weighted by molar-refractivity contribution is 0.174. The van der Waals surface area contributed by atoms with Crippen LogP contribution >= 0.6 is 0 Å². The van der Waals surface area contributed by atoms with Crippen molar-refractivity contribution >= 4 is 27.8 Å². The van der Waals surface area contributed by atoms with Gasteiger partial charge in [0.2, 0.25) is 6.79 Å². The zero-order valence-corrected chi connectivity index (χ0v) is 10.2. The highest BCUT2D eigenvalue weighted by atomic mass is 16.7. The van der Waals surface area contributed by atoms with E-state index in [0.717, 1.165) is 22.0 Å². The molecule has 0 spiro atoms. The third-order valence-corrected chi connectivity index (χ3v) is 3.11. The van der Waals surface area contributed by atoms with Crippen LogP contribution in [-0.4, -0.2) is 21.7 Å². The van der Waals surface area contributed by atoms with Crippen molar-refractivity contribution in [2.45, 2.75) is 6.92 Å². The Kier molecular flexibility index (Phi) is 1.87. The standard InChI is InChI=1S/C13H10N4O2/c1-6-15-12(14)8-2-7-3-10-11(19-5-18-10)4-9(7)17-13(8)16-6/h2-4H,5H2,1H3,(H2,14,15,16,17). The quantitative estimate of drug-likeness (QED) is 0.616. The summed E-state index contributed by atoms with van der Waals surface area (Å²) in [6, 6.07) is 5.67. The highest BCUT2D eigenvalue weighted by molar-refractivity contribution is 5.97. The molecule has 4 rings (SSSR count). The lowest BCUT2D eigenvalue weighted by atomic mass is 10.1. The molecule has 3 aromatic rings. The van der Waals surface area contributed by atoms with Gasteiger partial charge in [0.05, 0.1) is 10.9 Å². The summed E-state index contributed by atoms with van der Waals surface area (Å²) in [5.41, 5.74) is 7.31. The minimum absolute atomic E-state index is 0.242. The van der Waals surface area contributed by atoms with E-state index in [0.29, 0.717) is 23.0 Å². The number of rotatable bonds is 0. The lowest BCUT2D eigenvalue weighted by Gasteiger charge is -2.05. The molecule has 94 valence electrons. The maximum absolute atomic E-state index is 5.91. The number of fused-ring (bicyclic) bond motifs is 3. The summed E-state index contributed by atoms with van der Waals surface area (Å²) in [6.07, 6.45) is 0. The van der Waals surface area contributed by atoms with Crippen LogP contribution in [0.3, 0.4) is 0 Å². The van der Waals surface area contributed by atoms with Crippen LogP contribution in [0.2, 0.25) is 0 Å². The first kappa shape index (κ1) is 10.3. The van der Waals surface area contributed by atoms with Gasteiger partial charge < -0.3 is 15.2 Å². The smallest absolute Gasteiger partial charge is 0.231 e. The molecule has 0 radical (unpaired) electrons. The molecule has 0 aliphatic carbocycles. The van der Waals surface area contributed by atoms with Crippen molar-refractivity contribution < 1.29 is 9.47 Å². The minimum Gasteiger partial charge on any atom is -0.454 e. The minimum atomic E-state index is 0.242. The molecular weight excluding hydrogens is 244 g/mol. The van der Waals surface area contributed by atoms with Gasteiger partial charge in [-0.3, -0.25) is 0 Å². The summed E-state index contributed by atoms with van der Waals surface area (Å²) in [6.45, 7) is 2.04. The topological polar surface area (TPSA) is 83.2 Å². The SMILES string of the molecule is Cc1nc(N)c2cc3cc4c(cc3nc2n1)OCO4. The Morgan fingerprint density at radius 2 is 1.84 bits per heavy atom. The molecule has 1 aliphatic rings. The van der Waals surface area contributed by atoms with Gasteiger partial charge in [-0.1, -0.05) is 0 Å². The van der Waals surface area contributed by atoms with E-state index in [1.807, 2.05) is 18.2 Å². The number of pyridine rings is 1. The number of nitrogen functional groups attached to an aromatic ring is 1. The zero-order valence-electron chi connectivity index (χ0n) is 10.2. The van der Waals surface area contributed by atoms with E-state index in [4.69, 9.17) is 15.2 Å². The highest BCUT2D eigenvalue weighted by Crippen LogP contribution is 2.36. The number of nitrogens with zero attached hydrogens (tertiary/aromatic N) is 3. The van der Waals surface area contributed by atoms with E-state index >= 15 is 0 Å². The van der Waals surface area contributed by atoms with Crippen LogP contribution in [0.5, 0.6) is 11.5 Å². The summed E-state index contributed by atoms with van der Waals surface area (Å²) >= 11 is 0. The number of aryl methyl sites for hydroxylation is 1. The fraction of sp³-hybridized carbons (Fsp3) is 0.154. The number of anilines is 1. The van der Waals surface area contributed by atoms with Crippen LogP contribution < -0.4 is 15.2 Å². The zero-order chi connectivity index (χ0) is 13.0. The highest BCUT2D eigenvalue weighted by Gasteiger charge is 2.16. The largest absolute Gasteiger partial charge is 0.454 e. The number of nitrogens with two attached hydrogens (primary N) is 1. The molecule has 0 saturated carbocycles. The second kappa shape index (κ2) is 3.44. The molecule has 1 aromatic carbocycles. The molecule has 0 amide bonds. The molecule has 6 heteroatoms. The molecule has 0 fully saturated rings. The molecular formula is C13H10N4O2. The van der Waals surface area contributed by atoms with Gasteiger partial charge in [-0.05, 0) is 19.1 Å². The second-order valence-corrected chi connectivity index (χ2v) is 4.41. The third-order valence-electron chi connectivity index (χ3n) is 3.11. The summed E-state index contributed by atoms with van der Waals surface area (Å²) in [5.74, 6) is 2.48. The van der Waals surface area contributed by atoms with Crippen molar-refractivity contribution in [1.82, 2.24) is 15.0 Å². The maximum Gasteiger partial charge on any atom is 0.231 e. The molecule has 19 heavy (non-hydrogen) atoms. The maximum atomic E-state index is 5.91. The molecule has 0 atom stereocenters. The van der Waals surface area contributed by atoms with E-state index in [1.54, 1.807) is 6.92 Å². The second-order valence-electron chi connectivity index (χ2n) is 4.41. The Morgan fingerprint density at radius 1 is 1.05 bits per heavy atom. The number of aromatic nitrogens is 3. The van der Waals surface area contributed by atoms with Gasteiger partial charge in [0.1, 0.15) is 11.6 Å². The molecule has 3 heterocycles. The summed E-state index contributed by atoms with van der Waals surface area (Å²) in [5, 5.41) is 1.67. The summed E-state index contributed by atoms with van der Waals surface area (Å²) < 4.78 is 10.7. The molecule has 2 aromatic heterocycles. The number of hydrogen-bond donors (Lipinski definition) is 1. The van der Waals surface area contributed by atoms with Crippen molar-refractivity contribution in [3.8, 4) is 11.5 Å². The Bertz CT molecular complexity index is 832. The first-order valence-corrected chi connectivity index (χ1v) is 5.85. The van der Waals surface area contributed by atoms with Crippen molar-refractivity contribution in [2.24, 2.45) is 0 Å². The van der Waals surface area contributed by atoms with E-state index in [2.05, 4.69) is 15.0 Å². The van der Waals surface area contributed by atoms with Crippen LogP contribution in [0.15, 0.2) is 18.2 Å². The monoisotopic (exact) mass is 254 g/mol. The Hall–Kier alpha value is -2.63. The fourth-order valence-electron chi connectivity index (χ4n) is 2.24. The van der Waals surface area contributed by atoms with Crippen molar-refractivity contribution in [2.75, 3.05) is 12.5 Å². The van der Waals surface area contributed by atoms with Crippen molar-refractivity contribution in [3.63, 3.8) is 0 Å². The first-order valence-electron chi connectivity index (χ1n) is 5.85. The van der Waals surface area contributed by atoms with E-state index in [-0.39, 0.29) is 6.79 Å². The van der Waals surface area contributed by atoms with Crippen molar-refractivity contribution in [3.05, 3.63) is 24.0 Å². The number of benzene rings is 1. The normalized spacial score (nSPS) is 13.3. The third kappa shape index (κ3) is 1.46. The van der Waals surface area contributed by atoms with Gasteiger partial charge in [0, 0.05) is 11.5 Å². The fourth-order valence-corrected chi connectivity index (χ4v) is 2.24. The van der Waals surface area contributed by atoms with Crippen LogP contribution in [0.4, 0.5) is 5.82 Å². The van der Waals surface area contributed by atoms with Crippen LogP contribution in [0.1, 0.15) is 5.82 Å². The van der Waals surface area contributed by atoms with Crippen LogP contribution in [-0.2, 0) is 0 Å². The predicted octanol–water partition coefficient (Wildman–Crippen LogP) is 1.80. The molecule has 6 nitrogen and oxygen atoms in total. The average molecular weight is 254 g/mol. The Balaban J connectivity index is 2.11. The lowest BCUT2D eigenvalue weighted by Crippen LogP contribution is -1.99. The van der Waals surface area contributed by atoms with E-state index < -0.39 is 0 Å². The van der Waals surface area contributed by atoms with Gasteiger partial charge in [0.25, 0.3) is 0 Å². The van der Waals surface area contributed by atoms with Gasteiger partial charge in [-0.2, -0.15) is 0 Å². The van der Waals surface area contributed by atoms with Crippen LogP contribution in [0, 0.1) is 6.92 Å². The Labute approximate surface area is 108 Å². The van der Waals surface area contributed by atoms with Gasteiger partial charge >= 0.3 is 0 Å².